The van der Waals surface area contributed by atoms with Gasteiger partial charge in [-0.2, -0.15) is 0 Å². The van der Waals surface area contributed by atoms with Gasteiger partial charge in [-0.1, -0.05) is 0 Å². The summed E-state index contributed by atoms with van der Waals surface area (Å²) in [5.74, 6) is -2.58. The van der Waals surface area contributed by atoms with Crippen molar-refractivity contribution >= 4 is 14.1 Å². The molecule has 1 aromatic carbocycles. The van der Waals surface area contributed by atoms with Gasteiger partial charge in [0.2, 0.25) is 0 Å². The maximum atomic E-state index is 14.4. The number of nitrogens with zero attached hydrogens (tertiary/aromatic N) is 2. The van der Waals surface area contributed by atoms with Gasteiger partial charge in [0.25, 0.3) is 0 Å². The Kier molecular flexibility index (Phi) is 4.73. The normalized spacial score (nSPS) is 10.8. The van der Waals surface area contributed by atoms with Gasteiger partial charge in [0.05, 0.1) is 0 Å². The van der Waals surface area contributed by atoms with Crippen LogP contribution in [0.4, 0.5) is 8.78 Å². The van der Waals surface area contributed by atoms with Crippen molar-refractivity contribution in [2.45, 2.75) is 0 Å². The summed E-state index contributed by atoms with van der Waals surface area (Å²) in [6, 6.07) is 10.3. The molecule has 0 aliphatic carbocycles. The second kappa shape index (κ2) is 6.95. The molecule has 122 valence electrons. The summed E-state index contributed by atoms with van der Waals surface area (Å²) >= 11 is -1.33. The van der Waals surface area contributed by atoms with Crippen LogP contribution in [0.2, 0.25) is 0 Å². The molecule has 0 fully saturated rings. The Balaban J connectivity index is 2.14. The van der Waals surface area contributed by atoms with Gasteiger partial charge in [-0.3, -0.25) is 0 Å². The van der Waals surface area contributed by atoms with E-state index in [2.05, 4.69) is 9.97 Å². The van der Waals surface area contributed by atoms with Crippen molar-refractivity contribution in [2.75, 3.05) is 0 Å². The van der Waals surface area contributed by atoms with E-state index in [0.717, 1.165) is 6.07 Å². The Hall–Kier alpha value is -2.50. The maximum absolute atomic E-state index is 14.4. The summed E-state index contributed by atoms with van der Waals surface area (Å²) in [5, 5.41) is 9.24. The van der Waals surface area contributed by atoms with Crippen LogP contribution in [0.15, 0.2) is 54.9 Å². The number of halogens is 2. The quantitative estimate of drug-likeness (QED) is 0.592. The molecular weight excluding hydrogens is 494 g/mol. The fraction of sp³-hybridized carbons (Fsp3) is 0. The number of carbonyl (C=O) groups is 1. The average Bonchev–Trinajstić information content (AvgIpc) is 2.55. The van der Waals surface area contributed by atoms with Gasteiger partial charge >= 0.3 is 144 Å². The number of pyridine rings is 2. The Morgan fingerprint density at radius 3 is 2.50 bits per heavy atom. The molecule has 0 aliphatic heterocycles. The van der Waals surface area contributed by atoms with Crippen LogP contribution in [0.5, 0.6) is 0 Å². The zero-order valence-corrected chi connectivity index (χ0v) is 14.4. The number of aromatic carboxylic acids is 1. The summed E-state index contributed by atoms with van der Waals surface area (Å²) in [6.07, 6.45) is 2.90. The molecule has 4 nitrogen and oxygen atoms in total. The number of carboxylic acid groups (broad SMARTS) is 1. The van der Waals surface area contributed by atoms with E-state index in [9.17, 15) is 18.7 Å². The molecule has 0 bridgehead atoms. The van der Waals surface area contributed by atoms with E-state index < -0.39 is 35.3 Å². The van der Waals surface area contributed by atoms with Crippen molar-refractivity contribution < 1.29 is 36.4 Å². The zero-order chi connectivity index (χ0) is 17.1. The van der Waals surface area contributed by atoms with Crippen LogP contribution in [-0.2, 0) is 17.7 Å². The number of hydrogen-bond donors (Lipinski definition) is 1. The first-order chi connectivity index (χ1) is 11.6. The van der Waals surface area contributed by atoms with Crippen LogP contribution >= 0.6 is 0 Å². The van der Waals surface area contributed by atoms with E-state index in [1.165, 1.54) is 18.5 Å². The van der Waals surface area contributed by atoms with E-state index in [1.54, 1.807) is 30.3 Å². The molecule has 7 heteroatoms. The number of rotatable bonds is 4. The molecule has 3 rings (SSSR count). The predicted molar refractivity (Wildman–Crippen MR) is 80.1 cm³/mol. The summed E-state index contributed by atoms with van der Waals surface area (Å²) in [5.41, 5.74) is 0.501. The molecule has 0 atom stereocenters. The third kappa shape index (κ3) is 3.37. The Morgan fingerprint density at radius 1 is 1.00 bits per heavy atom. The monoisotopic (exact) mass is 505 g/mol. The SMILES string of the molecule is O=C(O)c1nccc[c]1[Ir+][c]1cc(F)cc(F)c1-c1ccccn1. The molecule has 0 saturated heterocycles. The minimum atomic E-state index is -1.33. The molecule has 0 saturated carbocycles. The number of hydrogen-bond acceptors (Lipinski definition) is 3. The molecule has 0 amide bonds. The molecule has 0 spiro atoms. The van der Waals surface area contributed by atoms with Crippen LogP contribution in [-0.4, -0.2) is 21.0 Å². The summed E-state index contributed by atoms with van der Waals surface area (Å²) in [6.45, 7) is 0. The molecule has 3 aromatic rings. The average molecular weight is 504 g/mol. The molecule has 2 aromatic heterocycles. The number of aromatic nitrogens is 2. The van der Waals surface area contributed by atoms with Gasteiger partial charge in [0, 0.05) is 0 Å². The second-order valence-electron chi connectivity index (χ2n) is 4.63. The third-order valence-corrected chi connectivity index (χ3v) is 6.23. The molecule has 0 unspecified atom stereocenters. The number of benzene rings is 1. The van der Waals surface area contributed by atoms with Crippen LogP contribution in [0.25, 0.3) is 11.3 Å². The van der Waals surface area contributed by atoms with Crippen molar-refractivity contribution in [1.82, 2.24) is 9.97 Å². The summed E-state index contributed by atoms with van der Waals surface area (Å²) in [7, 11) is 0. The van der Waals surface area contributed by atoms with Gasteiger partial charge in [-0.15, -0.1) is 0 Å². The predicted octanol–water partition coefficient (Wildman–Crippen LogP) is 2.15. The van der Waals surface area contributed by atoms with Gasteiger partial charge in [0.15, 0.2) is 0 Å². The van der Waals surface area contributed by atoms with Crippen molar-refractivity contribution in [3.05, 3.63) is 72.2 Å². The standard InChI is InChI=1S/C11H6F2N.C6H4NO2.Ir/c12-8-4-5-9(10(13)7-8)11-3-1-2-6-14-11;8-6(9)5-3-1-2-4-7-5;/h1-4,6-7H;1-2,4H,(H,8,9);/q;;+1. The van der Waals surface area contributed by atoms with E-state index in [1.807, 2.05) is 0 Å². The van der Waals surface area contributed by atoms with Crippen molar-refractivity contribution in [2.24, 2.45) is 0 Å². The molecule has 2 heterocycles. The zero-order valence-electron chi connectivity index (χ0n) is 12.0. The fourth-order valence-electron chi connectivity index (χ4n) is 2.04. The topological polar surface area (TPSA) is 63.1 Å². The van der Waals surface area contributed by atoms with E-state index >= 15 is 0 Å². The second-order valence-corrected chi connectivity index (χ2v) is 7.81. The van der Waals surface area contributed by atoms with E-state index in [4.69, 9.17) is 0 Å². The van der Waals surface area contributed by atoms with E-state index in [0.29, 0.717) is 13.8 Å². The molecule has 24 heavy (non-hydrogen) atoms. The summed E-state index contributed by atoms with van der Waals surface area (Å²) < 4.78 is 29.0. The van der Waals surface area contributed by atoms with Crippen molar-refractivity contribution in [1.29, 1.82) is 0 Å². The van der Waals surface area contributed by atoms with Crippen LogP contribution in [0.1, 0.15) is 10.5 Å². The first-order valence-electron chi connectivity index (χ1n) is 6.75. The van der Waals surface area contributed by atoms with Crippen LogP contribution in [0, 0.1) is 11.6 Å². The first kappa shape index (κ1) is 16.4. The molecule has 1 N–H and O–H groups in total. The first-order valence-corrected chi connectivity index (χ1v) is 9.15. The van der Waals surface area contributed by atoms with Gasteiger partial charge in [0.1, 0.15) is 0 Å². The van der Waals surface area contributed by atoms with Crippen LogP contribution in [0.3, 0.4) is 0 Å². The molecular formula is C17H10F2IrN2O2+. The van der Waals surface area contributed by atoms with Gasteiger partial charge in [-0.05, 0) is 0 Å². The van der Waals surface area contributed by atoms with Crippen molar-refractivity contribution in [3.63, 3.8) is 0 Å². The Morgan fingerprint density at radius 2 is 1.79 bits per heavy atom. The summed E-state index contributed by atoms with van der Waals surface area (Å²) in [4.78, 5) is 19.3. The van der Waals surface area contributed by atoms with Gasteiger partial charge < -0.3 is 0 Å². The third-order valence-electron chi connectivity index (χ3n) is 3.03. The molecule has 0 aliphatic rings. The Labute approximate surface area is 144 Å². The van der Waals surface area contributed by atoms with Gasteiger partial charge in [-0.25, -0.2) is 0 Å². The van der Waals surface area contributed by atoms with Crippen molar-refractivity contribution in [3.8, 4) is 11.3 Å². The molecule has 0 radical (unpaired) electrons. The van der Waals surface area contributed by atoms with E-state index in [-0.39, 0.29) is 11.3 Å². The fourth-order valence-corrected chi connectivity index (χ4v) is 5.26. The number of carboxylic acids is 1. The Bertz CT molecular complexity index is 904. The van der Waals surface area contributed by atoms with Crippen LogP contribution < -0.4 is 8.15 Å². The minimum absolute atomic E-state index is 0.0888.